The Morgan fingerprint density at radius 1 is 0.542 bits per heavy atom. The molecule has 2 saturated carbocycles. The topological polar surface area (TPSA) is 85.3 Å². The zero-order chi connectivity index (χ0) is 33.8. The number of hydrogen-bond acceptors (Lipinski definition) is 5. The number of Topliss-reactive ketones (excluding diaryl/α,β-unsaturated/α-hetero) is 1. The molecule has 5 aromatic rings. The molecule has 2 fully saturated rings. The SMILES string of the molecule is Cc1ccc(C2CC(=O)[C@@H]3CC(S(=O)(=O)c4ccc(C)cc4)C(c4cccc5ccccc45)C[C@@H]3C2S(=O)(=O)c2ccc(C)cc2)cc1. The van der Waals surface area contributed by atoms with Crippen LogP contribution < -0.4 is 0 Å². The molecule has 2 aliphatic carbocycles. The van der Waals surface area contributed by atoms with E-state index < -0.39 is 53.8 Å². The standard InChI is InChI=1S/C41H40O5S2/c1-26-11-17-30(18-12-26)35-24-39(42)36-25-40(47(43,44)31-19-13-27(2)14-20-31)37(34-10-6-8-29-7-4-5-9-33(29)34)23-38(36)41(35)48(45,46)32-21-15-28(3)16-22-32/h4-22,35-38,40-41H,23-25H2,1-3H3/t35?,36-,37?,38+,40?,41?/m1/s1. The number of rotatable bonds is 6. The minimum Gasteiger partial charge on any atom is -0.299 e. The summed E-state index contributed by atoms with van der Waals surface area (Å²) in [5.74, 6) is -2.40. The normalized spacial score (nSPS) is 24.7. The highest BCUT2D eigenvalue weighted by atomic mass is 32.2. The first kappa shape index (κ1) is 32.5. The summed E-state index contributed by atoms with van der Waals surface area (Å²) in [6.07, 6.45) is 0.392. The molecule has 0 aliphatic heterocycles. The number of sulfone groups is 2. The Bertz CT molecular complexity index is 2200. The summed E-state index contributed by atoms with van der Waals surface area (Å²) in [6, 6.07) is 35.5. The number of benzene rings is 5. The smallest absolute Gasteiger partial charge is 0.182 e. The van der Waals surface area contributed by atoms with Crippen molar-refractivity contribution in [2.75, 3.05) is 0 Å². The van der Waals surface area contributed by atoms with Crippen LogP contribution in [-0.4, -0.2) is 33.1 Å². The molecule has 0 spiro atoms. The van der Waals surface area contributed by atoms with Crippen molar-refractivity contribution in [1.82, 2.24) is 0 Å². The fraction of sp³-hybridized carbons (Fsp3) is 0.293. The van der Waals surface area contributed by atoms with Crippen LogP contribution in [0, 0.1) is 32.6 Å². The van der Waals surface area contributed by atoms with E-state index in [1.807, 2.05) is 99.6 Å². The predicted octanol–water partition coefficient (Wildman–Crippen LogP) is 8.32. The average Bonchev–Trinajstić information content (AvgIpc) is 3.08. The predicted molar refractivity (Wildman–Crippen MR) is 191 cm³/mol. The van der Waals surface area contributed by atoms with Crippen molar-refractivity contribution in [3.8, 4) is 0 Å². The van der Waals surface area contributed by atoms with Crippen molar-refractivity contribution >= 4 is 36.2 Å². The van der Waals surface area contributed by atoms with E-state index in [9.17, 15) is 21.6 Å². The lowest BCUT2D eigenvalue weighted by Gasteiger charge is -2.48. The molecule has 6 atom stereocenters. The van der Waals surface area contributed by atoms with Crippen LogP contribution in [0.2, 0.25) is 0 Å². The maximum absolute atomic E-state index is 14.9. The van der Waals surface area contributed by atoms with Gasteiger partial charge in [0.1, 0.15) is 5.78 Å². The van der Waals surface area contributed by atoms with Gasteiger partial charge in [0, 0.05) is 24.2 Å². The Balaban J connectivity index is 1.42. The van der Waals surface area contributed by atoms with E-state index in [0.29, 0.717) is 0 Å². The summed E-state index contributed by atoms with van der Waals surface area (Å²) in [4.78, 5) is 14.7. The molecule has 246 valence electrons. The summed E-state index contributed by atoms with van der Waals surface area (Å²) in [5.41, 5.74) is 4.66. The van der Waals surface area contributed by atoms with Crippen LogP contribution in [0.5, 0.6) is 0 Å². The van der Waals surface area contributed by atoms with Gasteiger partial charge in [0.05, 0.1) is 20.3 Å². The van der Waals surface area contributed by atoms with Gasteiger partial charge in [-0.05, 0) is 85.7 Å². The average molecular weight is 677 g/mol. The number of ketones is 1. The summed E-state index contributed by atoms with van der Waals surface area (Å²) < 4.78 is 59.0. The van der Waals surface area contributed by atoms with E-state index in [1.165, 1.54) is 0 Å². The van der Waals surface area contributed by atoms with Gasteiger partial charge in [-0.3, -0.25) is 4.79 Å². The second-order valence-corrected chi connectivity index (χ2v) is 18.1. The molecule has 48 heavy (non-hydrogen) atoms. The molecule has 0 aromatic heterocycles. The number of hydrogen-bond donors (Lipinski definition) is 0. The molecule has 0 heterocycles. The second kappa shape index (κ2) is 12.4. The van der Waals surface area contributed by atoms with Crippen LogP contribution >= 0.6 is 0 Å². The first-order valence-electron chi connectivity index (χ1n) is 16.6. The molecule has 0 N–H and O–H groups in total. The van der Waals surface area contributed by atoms with Crippen LogP contribution in [0.1, 0.15) is 58.9 Å². The zero-order valence-corrected chi connectivity index (χ0v) is 29.0. The number of fused-ring (bicyclic) bond motifs is 2. The van der Waals surface area contributed by atoms with Crippen molar-refractivity contribution < 1.29 is 21.6 Å². The van der Waals surface area contributed by atoms with Gasteiger partial charge in [-0.15, -0.1) is 0 Å². The Hall–Kier alpha value is -4.07. The van der Waals surface area contributed by atoms with Gasteiger partial charge in [0.15, 0.2) is 19.7 Å². The summed E-state index contributed by atoms with van der Waals surface area (Å²) in [5, 5.41) is 0.147. The van der Waals surface area contributed by atoms with E-state index in [2.05, 4.69) is 0 Å². The molecule has 7 rings (SSSR count). The fourth-order valence-electron chi connectivity index (χ4n) is 8.31. The summed E-state index contributed by atoms with van der Waals surface area (Å²) >= 11 is 0. The van der Waals surface area contributed by atoms with Gasteiger partial charge in [-0.1, -0.05) is 108 Å². The van der Waals surface area contributed by atoms with Crippen LogP contribution in [0.3, 0.4) is 0 Å². The highest BCUT2D eigenvalue weighted by Crippen LogP contribution is 2.54. The third-order valence-electron chi connectivity index (χ3n) is 10.8. The molecule has 0 bridgehead atoms. The highest BCUT2D eigenvalue weighted by Gasteiger charge is 2.56. The van der Waals surface area contributed by atoms with Gasteiger partial charge in [0.2, 0.25) is 0 Å². The van der Waals surface area contributed by atoms with Crippen molar-refractivity contribution in [3.63, 3.8) is 0 Å². The quantitative estimate of drug-likeness (QED) is 0.181. The number of carbonyl (C=O) groups is 1. The van der Waals surface area contributed by atoms with Crippen LogP contribution in [0.15, 0.2) is 125 Å². The first-order chi connectivity index (χ1) is 22.9. The monoisotopic (exact) mass is 676 g/mol. The maximum Gasteiger partial charge on any atom is 0.182 e. The Morgan fingerprint density at radius 2 is 1.08 bits per heavy atom. The first-order valence-corrected chi connectivity index (χ1v) is 19.7. The van der Waals surface area contributed by atoms with E-state index >= 15 is 0 Å². The molecule has 0 radical (unpaired) electrons. The Labute approximate surface area is 283 Å². The molecule has 5 aromatic carbocycles. The molecule has 2 aliphatic rings. The molecular formula is C41H40O5S2. The molecule has 0 saturated heterocycles. The van der Waals surface area contributed by atoms with Crippen LogP contribution in [-0.2, 0) is 24.5 Å². The Kier molecular flexibility index (Phi) is 8.41. The van der Waals surface area contributed by atoms with E-state index in [1.54, 1.807) is 36.4 Å². The lowest BCUT2D eigenvalue weighted by molar-refractivity contribution is -0.128. The molecule has 0 amide bonds. The van der Waals surface area contributed by atoms with Crippen molar-refractivity contribution in [3.05, 3.63) is 143 Å². The van der Waals surface area contributed by atoms with Crippen molar-refractivity contribution in [2.45, 2.75) is 72.2 Å². The maximum atomic E-state index is 14.9. The largest absolute Gasteiger partial charge is 0.299 e. The zero-order valence-electron chi connectivity index (χ0n) is 27.4. The minimum absolute atomic E-state index is 0.0518. The van der Waals surface area contributed by atoms with Gasteiger partial charge in [-0.25, -0.2) is 16.8 Å². The fourth-order valence-corrected chi connectivity index (χ4v) is 12.6. The van der Waals surface area contributed by atoms with Gasteiger partial charge in [0.25, 0.3) is 0 Å². The third-order valence-corrected chi connectivity index (χ3v) is 15.4. The molecular weight excluding hydrogens is 637 g/mol. The summed E-state index contributed by atoms with van der Waals surface area (Å²) in [6.45, 7) is 5.82. The van der Waals surface area contributed by atoms with E-state index in [4.69, 9.17) is 0 Å². The third kappa shape index (κ3) is 5.71. The second-order valence-electron chi connectivity index (χ2n) is 13.8. The molecule has 4 unspecified atom stereocenters. The Morgan fingerprint density at radius 3 is 1.71 bits per heavy atom. The van der Waals surface area contributed by atoms with Gasteiger partial charge >= 0.3 is 0 Å². The highest BCUT2D eigenvalue weighted by molar-refractivity contribution is 7.92. The molecule has 5 nitrogen and oxygen atoms in total. The van der Waals surface area contributed by atoms with Crippen molar-refractivity contribution in [1.29, 1.82) is 0 Å². The van der Waals surface area contributed by atoms with Gasteiger partial charge < -0.3 is 0 Å². The van der Waals surface area contributed by atoms with E-state index in [0.717, 1.165) is 38.6 Å². The van der Waals surface area contributed by atoms with Crippen LogP contribution in [0.25, 0.3) is 10.8 Å². The lowest BCUT2D eigenvalue weighted by Crippen LogP contribution is -2.53. The molecule has 7 heteroatoms. The number of carbonyl (C=O) groups excluding carboxylic acids is 1. The van der Waals surface area contributed by atoms with Crippen molar-refractivity contribution in [2.24, 2.45) is 11.8 Å². The number of aryl methyl sites for hydroxylation is 3. The van der Waals surface area contributed by atoms with Crippen LogP contribution in [0.4, 0.5) is 0 Å². The minimum atomic E-state index is -3.94. The lowest BCUT2D eigenvalue weighted by atomic mass is 9.61. The van der Waals surface area contributed by atoms with Gasteiger partial charge in [-0.2, -0.15) is 0 Å². The van der Waals surface area contributed by atoms with E-state index in [-0.39, 0.29) is 34.8 Å². The summed E-state index contributed by atoms with van der Waals surface area (Å²) in [7, 11) is -7.84.